The van der Waals surface area contributed by atoms with Crippen LogP contribution in [0.4, 0.5) is 17.1 Å². The maximum atomic E-state index is 11.3. The van der Waals surface area contributed by atoms with E-state index in [1.807, 2.05) is 0 Å². The molecule has 7 heteroatoms. The van der Waals surface area contributed by atoms with E-state index in [0.717, 1.165) is 0 Å². The van der Waals surface area contributed by atoms with Crippen molar-refractivity contribution in [2.45, 2.75) is 18.4 Å². The van der Waals surface area contributed by atoms with Crippen LogP contribution in [0.2, 0.25) is 0 Å². The summed E-state index contributed by atoms with van der Waals surface area (Å²) in [6.45, 7) is 1.50. The molecule has 2 heterocycles. The van der Waals surface area contributed by atoms with Crippen molar-refractivity contribution in [2.75, 3.05) is 42.7 Å². The van der Waals surface area contributed by atoms with E-state index in [1.54, 1.807) is 12.1 Å². The minimum atomic E-state index is -0.791. The second-order valence-electron chi connectivity index (χ2n) is 5.46. The van der Waals surface area contributed by atoms with Gasteiger partial charge in [-0.15, -0.1) is 0 Å². The van der Waals surface area contributed by atoms with Gasteiger partial charge in [-0.1, -0.05) is 0 Å². The lowest BCUT2D eigenvalue weighted by Gasteiger charge is -2.32. The molecule has 3 rings (SSSR count). The fourth-order valence-electron chi connectivity index (χ4n) is 2.48. The summed E-state index contributed by atoms with van der Waals surface area (Å²) in [4.78, 5) is 11.3. The Morgan fingerprint density at radius 3 is 2.90 bits per heavy atom. The lowest BCUT2D eigenvalue weighted by Crippen LogP contribution is -2.42. The topological polar surface area (TPSA) is 106 Å². The number of anilines is 3. The summed E-state index contributed by atoms with van der Waals surface area (Å²) in [6, 6.07) is 3.40. The Hall–Kier alpha value is -1.99. The van der Waals surface area contributed by atoms with Crippen LogP contribution in [0.1, 0.15) is 12.8 Å². The van der Waals surface area contributed by atoms with Crippen LogP contribution in [0, 0.1) is 0 Å². The SMILES string of the molecule is Nc1cc2c(cc1NCC1(O)CCOCC1)NC(=O)CO2. The second kappa shape index (κ2) is 5.42. The van der Waals surface area contributed by atoms with Gasteiger partial charge in [-0.3, -0.25) is 4.79 Å². The number of hydrogen-bond donors (Lipinski definition) is 4. The summed E-state index contributed by atoms with van der Waals surface area (Å²) in [6.07, 6.45) is 1.18. The van der Waals surface area contributed by atoms with Crippen LogP contribution in [0.3, 0.4) is 0 Å². The maximum absolute atomic E-state index is 11.3. The van der Waals surface area contributed by atoms with Crippen molar-refractivity contribution < 1.29 is 19.4 Å². The number of fused-ring (bicyclic) bond motifs is 1. The number of benzene rings is 1. The summed E-state index contributed by atoms with van der Waals surface area (Å²) in [5.74, 6) is 0.365. The number of nitrogens with one attached hydrogen (secondary N) is 2. The van der Waals surface area contributed by atoms with E-state index in [4.69, 9.17) is 15.2 Å². The summed E-state index contributed by atoms with van der Waals surface area (Å²) in [5.41, 5.74) is 6.95. The first kappa shape index (κ1) is 14.0. The van der Waals surface area contributed by atoms with E-state index in [-0.39, 0.29) is 12.5 Å². The van der Waals surface area contributed by atoms with E-state index in [2.05, 4.69) is 10.6 Å². The molecule has 1 aromatic carbocycles. The van der Waals surface area contributed by atoms with Crippen molar-refractivity contribution in [3.63, 3.8) is 0 Å². The molecule has 0 atom stereocenters. The molecule has 0 spiro atoms. The highest BCUT2D eigenvalue weighted by atomic mass is 16.5. The lowest BCUT2D eigenvalue weighted by molar-refractivity contribution is -0.118. The molecule has 0 saturated carbocycles. The van der Waals surface area contributed by atoms with E-state index < -0.39 is 5.60 Å². The molecular weight excluding hydrogens is 274 g/mol. The highest BCUT2D eigenvalue weighted by Gasteiger charge is 2.29. The summed E-state index contributed by atoms with van der Waals surface area (Å²) >= 11 is 0. The quantitative estimate of drug-likeness (QED) is 0.607. The highest BCUT2D eigenvalue weighted by molar-refractivity contribution is 5.97. The average Bonchev–Trinajstić information content (AvgIpc) is 2.46. The Labute approximate surface area is 122 Å². The molecule has 2 aliphatic rings. The molecule has 1 aromatic rings. The molecule has 1 saturated heterocycles. The molecule has 114 valence electrons. The van der Waals surface area contributed by atoms with Gasteiger partial charge in [0, 0.05) is 38.7 Å². The van der Waals surface area contributed by atoms with Gasteiger partial charge >= 0.3 is 0 Å². The van der Waals surface area contributed by atoms with Crippen molar-refractivity contribution in [3.8, 4) is 5.75 Å². The molecule has 0 aliphatic carbocycles. The van der Waals surface area contributed by atoms with Crippen LogP contribution >= 0.6 is 0 Å². The first-order valence-corrected chi connectivity index (χ1v) is 6.96. The minimum Gasteiger partial charge on any atom is -0.482 e. The fraction of sp³-hybridized carbons (Fsp3) is 0.500. The van der Waals surface area contributed by atoms with Gasteiger partial charge in [0.25, 0.3) is 5.91 Å². The van der Waals surface area contributed by atoms with E-state index in [1.165, 1.54) is 0 Å². The van der Waals surface area contributed by atoms with Crippen LogP contribution < -0.4 is 21.1 Å². The highest BCUT2D eigenvalue weighted by Crippen LogP contribution is 2.35. The van der Waals surface area contributed by atoms with Crippen molar-refractivity contribution in [3.05, 3.63) is 12.1 Å². The Morgan fingerprint density at radius 2 is 2.14 bits per heavy atom. The number of rotatable bonds is 3. The first-order chi connectivity index (χ1) is 10.1. The Balaban J connectivity index is 1.73. The number of nitrogens with two attached hydrogens (primary N) is 1. The second-order valence-corrected chi connectivity index (χ2v) is 5.46. The third-order valence-corrected chi connectivity index (χ3v) is 3.82. The minimum absolute atomic E-state index is 0.00103. The monoisotopic (exact) mass is 293 g/mol. The summed E-state index contributed by atoms with van der Waals surface area (Å²) in [5, 5.41) is 16.3. The van der Waals surface area contributed by atoms with Gasteiger partial charge in [-0.2, -0.15) is 0 Å². The van der Waals surface area contributed by atoms with Crippen LogP contribution in [-0.2, 0) is 9.53 Å². The molecule has 0 radical (unpaired) electrons. The van der Waals surface area contributed by atoms with Gasteiger partial charge in [-0.25, -0.2) is 0 Å². The van der Waals surface area contributed by atoms with Gasteiger partial charge in [0.1, 0.15) is 5.75 Å². The number of amides is 1. The molecular formula is C14H19N3O4. The number of carbonyl (C=O) groups excluding carboxylic acids is 1. The smallest absolute Gasteiger partial charge is 0.262 e. The van der Waals surface area contributed by atoms with Gasteiger partial charge < -0.3 is 30.9 Å². The molecule has 21 heavy (non-hydrogen) atoms. The molecule has 1 fully saturated rings. The van der Waals surface area contributed by atoms with Crippen molar-refractivity contribution in [1.29, 1.82) is 0 Å². The number of carbonyl (C=O) groups is 1. The van der Waals surface area contributed by atoms with E-state index in [0.29, 0.717) is 55.4 Å². The molecule has 0 bridgehead atoms. The lowest BCUT2D eigenvalue weighted by atomic mass is 9.94. The first-order valence-electron chi connectivity index (χ1n) is 6.96. The Bertz CT molecular complexity index is 555. The standard InChI is InChI=1S/C14H19N3O4/c15-9-5-12-11(17-13(18)7-21-12)6-10(9)16-8-14(19)1-3-20-4-2-14/h5-6,16,19H,1-4,7-8,15H2,(H,17,18). The van der Waals surface area contributed by atoms with Gasteiger partial charge in [-0.05, 0) is 6.07 Å². The summed E-state index contributed by atoms with van der Waals surface area (Å²) in [7, 11) is 0. The molecule has 5 N–H and O–H groups in total. The third kappa shape index (κ3) is 3.03. The average molecular weight is 293 g/mol. The number of aliphatic hydroxyl groups is 1. The van der Waals surface area contributed by atoms with E-state index >= 15 is 0 Å². The summed E-state index contributed by atoms with van der Waals surface area (Å²) < 4.78 is 10.6. The van der Waals surface area contributed by atoms with Gasteiger partial charge in [0.15, 0.2) is 6.61 Å². The Kier molecular flexibility index (Phi) is 3.60. The van der Waals surface area contributed by atoms with Crippen LogP contribution in [0.25, 0.3) is 0 Å². The maximum Gasteiger partial charge on any atom is 0.262 e. The van der Waals surface area contributed by atoms with Crippen molar-refractivity contribution >= 4 is 23.0 Å². The van der Waals surface area contributed by atoms with E-state index in [9.17, 15) is 9.90 Å². The van der Waals surface area contributed by atoms with Crippen molar-refractivity contribution in [1.82, 2.24) is 0 Å². The van der Waals surface area contributed by atoms with Crippen molar-refractivity contribution in [2.24, 2.45) is 0 Å². The predicted molar refractivity (Wildman–Crippen MR) is 78.5 cm³/mol. The number of ether oxygens (including phenoxy) is 2. The van der Waals surface area contributed by atoms with Gasteiger partial charge in [0.05, 0.1) is 22.7 Å². The molecule has 0 unspecified atom stereocenters. The van der Waals surface area contributed by atoms with Crippen LogP contribution in [0.15, 0.2) is 12.1 Å². The fourth-order valence-corrected chi connectivity index (χ4v) is 2.48. The molecule has 7 nitrogen and oxygen atoms in total. The zero-order valence-electron chi connectivity index (χ0n) is 11.6. The van der Waals surface area contributed by atoms with Gasteiger partial charge in [0.2, 0.25) is 0 Å². The zero-order chi connectivity index (χ0) is 14.9. The van der Waals surface area contributed by atoms with Crippen LogP contribution in [-0.4, -0.2) is 43.0 Å². The Morgan fingerprint density at radius 1 is 1.38 bits per heavy atom. The largest absolute Gasteiger partial charge is 0.482 e. The third-order valence-electron chi connectivity index (χ3n) is 3.82. The number of nitrogen functional groups attached to an aromatic ring is 1. The number of hydrogen-bond acceptors (Lipinski definition) is 6. The molecule has 0 aromatic heterocycles. The molecule has 2 aliphatic heterocycles. The molecule has 1 amide bonds. The zero-order valence-corrected chi connectivity index (χ0v) is 11.6. The van der Waals surface area contributed by atoms with Crippen LogP contribution in [0.5, 0.6) is 5.75 Å². The normalized spacial score (nSPS) is 20.1. The predicted octanol–water partition coefficient (Wildman–Crippen LogP) is 0.553.